The molecule has 1 heterocycles. The van der Waals surface area contributed by atoms with Gasteiger partial charge in [-0.3, -0.25) is 0 Å². The molecule has 1 saturated heterocycles. The van der Waals surface area contributed by atoms with Crippen molar-refractivity contribution in [3.63, 3.8) is 0 Å². The van der Waals surface area contributed by atoms with Crippen molar-refractivity contribution in [3.05, 3.63) is 35.1 Å². The van der Waals surface area contributed by atoms with Gasteiger partial charge in [0.25, 0.3) is 0 Å². The van der Waals surface area contributed by atoms with Crippen molar-refractivity contribution >= 4 is 16.1 Å². The Morgan fingerprint density at radius 1 is 1.43 bits per heavy atom. The Morgan fingerprint density at radius 3 is 2.78 bits per heavy atom. The Kier molecular flexibility index (Phi) is 5.55. The molecule has 1 unspecified atom stereocenters. The van der Waals surface area contributed by atoms with Gasteiger partial charge in [0.2, 0.25) is 10.0 Å². The highest BCUT2D eigenvalue weighted by Gasteiger charge is 2.28. The van der Waals surface area contributed by atoms with E-state index in [9.17, 15) is 17.6 Å². The normalized spacial score (nSPS) is 18.2. The number of urea groups is 1. The van der Waals surface area contributed by atoms with Crippen LogP contribution in [0.25, 0.3) is 0 Å². The second-order valence-electron chi connectivity index (χ2n) is 5.72. The van der Waals surface area contributed by atoms with Gasteiger partial charge >= 0.3 is 6.03 Å². The molecule has 0 saturated carbocycles. The van der Waals surface area contributed by atoms with Gasteiger partial charge in [-0.1, -0.05) is 12.1 Å². The Labute approximate surface area is 134 Å². The maximum Gasteiger partial charge on any atom is 0.317 e. The first kappa shape index (κ1) is 17.6. The molecule has 1 atom stereocenters. The van der Waals surface area contributed by atoms with E-state index in [0.717, 1.165) is 0 Å². The summed E-state index contributed by atoms with van der Waals surface area (Å²) in [6.07, 6.45) is 0.587. The number of amides is 2. The molecule has 1 aromatic rings. The van der Waals surface area contributed by atoms with Crippen LogP contribution in [-0.4, -0.2) is 38.2 Å². The number of nitrogens with zero attached hydrogens (tertiary/aromatic N) is 1. The maximum absolute atomic E-state index is 13.8. The van der Waals surface area contributed by atoms with E-state index in [1.54, 1.807) is 12.1 Å². The van der Waals surface area contributed by atoms with Gasteiger partial charge < -0.3 is 16.0 Å². The van der Waals surface area contributed by atoms with Crippen molar-refractivity contribution in [2.24, 2.45) is 16.8 Å². The number of rotatable bonds is 5. The van der Waals surface area contributed by atoms with Gasteiger partial charge in [-0.2, -0.15) is 0 Å². The standard InChI is InChI=1S/C14H21FN4O3S/c15-13-5-10(6-16)1-2-12(13)7-18-14(20)19-4-3-11(8-19)9-23(17,21)22/h1-2,5,11H,3-4,6-9,16H2,(H,18,20)(H2,17,21,22). The molecule has 7 nitrogen and oxygen atoms in total. The Balaban J connectivity index is 1.86. The summed E-state index contributed by atoms with van der Waals surface area (Å²) in [5.41, 5.74) is 6.49. The lowest BCUT2D eigenvalue weighted by Crippen LogP contribution is -2.38. The number of carbonyl (C=O) groups is 1. The Hall–Kier alpha value is -1.71. The van der Waals surface area contributed by atoms with Gasteiger partial charge in [0.05, 0.1) is 5.75 Å². The summed E-state index contributed by atoms with van der Waals surface area (Å²) in [6, 6.07) is 4.30. The molecule has 0 bridgehead atoms. The largest absolute Gasteiger partial charge is 0.334 e. The number of likely N-dealkylation sites (tertiary alicyclic amines) is 1. The average molecular weight is 344 g/mol. The zero-order valence-corrected chi connectivity index (χ0v) is 13.5. The SMILES string of the molecule is NCc1ccc(CNC(=O)N2CCC(CS(N)(=O)=O)C2)c(F)c1. The van der Waals surface area contributed by atoms with Gasteiger partial charge in [0.1, 0.15) is 5.82 Å². The van der Waals surface area contributed by atoms with Crippen molar-refractivity contribution in [3.8, 4) is 0 Å². The van der Waals surface area contributed by atoms with Crippen LogP contribution >= 0.6 is 0 Å². The number of nitrogens with two attached hydrogens (primary N) is 2. The third-order valence-corrected chi connectivity index (χ3v) is 4.76. The number of halogens is 1. The van der Waals surface area contributed by atoms with Crippen molar-refractivity contribution in [2.75, 3.05) is 18.8 Å². The minimum atomic E-state index is -3.54. The fourth-order valence-corrected chi connectivity index (χ4v) is 3.55. The van der Waals surface area contributed by atoms with E-state index < -0.39 is 15.8 Å². The molecule has 1 aliphatic rings. The van der Waals surface area contributed by atoms with E-state index in [1.165, 1.54) is 11.0 Å². The molecule has 0 spiro atoms. The van der Waals surface area contributed by atoms with Crippen LogP contribution in [0.1, 0.15) is 17.5 Å². The summed E-state index contributed by atoms with van der Waals surface area (Å²) in [7, 11) is -3.54. The minimum absolute atomic E-state index is 0.0614. The number of benzene rings is 1. The predicted octanol–water partition coefficient (Wildman–Crippen LogP) is 0.104. The van der Waals surface area contributed by atoms with Crippen LogP contribution in [0.15, 0.2) is 18.2 Å². The van der Waals surface area contributed by atoms with Gasteiger partial charge in [-0.05, 0) is 24.0 Å². The van der Waals surface area contributed by atoms with Crippen molar-refractivity contribution in [1.82, 2.24) is 10.2 Å². The molecular formula is C14H21FN4O3S. The molecular weight excluding hydrogens is 323 g/mol. The number of hydrogen-bond acceptors (Lipinski definition) is 4. The number of primary sulfonamides is 1. The first-order valence-corrected chi connectivity index (χ1v) is 9.00. The maximum atomic E-state index is 13.8. The van der Waals surface area contributed by atoms with Gasteiger partial charge in [-0.25, -0.2) is 22.7 Å². The highest BCUT2D eigenvalue weighted by molar-refractivity contribution is 7.89. The summed E-state index contributed by atoms with van der Waals surface area (Å²) in [4.78, 5) is 13.6. The Morgan fingerprint density at radius 2 is 2.17 bits per heavy atom. The molecule has 5 N–H and O–H groups in total. The van der Waals surface area contributed by atoms with E-state index in [4.69, 9.17) is 10.9 Å². The number of sulfonamides is 1. The van der Waals surface area contributed by atoms with E-state index in [1.807, 2.05) is 0 Å². The van der Waals surface area contributed by atoms with Crippen LogP contribution in [0.4, 0.5) is 9.18 Å². The molecule has 23 heavy (non-hydrogen) atoms. The lowest BCUT2D eigenvalue weighted by molar-refractivity contribution is 0.207. The summed E-state index contributed by atoms with van der Waals surface area (Å²) >= 11 is 0. The molecule has 128 valence electrons. The van der Waals surface area contributed by atoms with Crippen LogP contribution in [0.2, 0.25) is 0 Å². The number of hydrogen-bond donors (Lipinski definition) is 3. The fraction of sp³-hybridized carbons (Fsp3) is 0.500. The second-order valence-corrected chi connectivity index (χ2v) is 7.38. The molecule has 0 aromatic heterocycles. The summed E-state index contributed by atoms with van der Waals surface area (Å²) < 4.78 is 36.0. The van der Waals surface area contributed by atoms with Crippen molar-refractivity contribution in [1.29, 1.82) is 0 Å². The highest BCUT2D eigenvalue weighted by Crippen LogP contribution is 2.17. The molecule has 2 amide bonds. The Bertz CT molecular complexity index is 681. The van der Waals surface area contributed by atoms with E-state index in [2.05, 4.69) is 5.32 Å². The average Bonchev–Trinajstić information content (AvgIpc) is 2.92. The van der Waals surface area contributed by atoms with Crippen LogP contribution in [0.3, 0.4) is 0 Å². The monoisotopic (exact) mass is 344 g/mol. The van der Waals surface area contributed by atoms with Crippen LogP contribution in [0, 0.1) is 11.7 Å². The topological polar surface area (TPSA) is 119 Å². The van der Waals surface area contributed by atoms with Crippen molar-refractivity contribution in [2.45, 2.75) is 19.5 Å². The summed E-state index contributed by atoms with van der Waals surface area (Å²) in [5, 5.41) is 7.65. The molecule has 0 radical (unpaired) electrons. The molecule has 9 heteroatoms. The predicted molar refractivity (Wildman–Crippen MR) is 84.2 cm³/mol. The zero-order valence-electron chi connectivity index (χ0n) is 12.7. The number of nitrogens with one attached hydrogen (secondary N) is 1. The minimum Gasteiger partial charge on any atom is -0.334 e. The summed E-state index contributed by atoms with van der Waals surface area (Å²) in [6.45, 7) is 1.10. The lowest BCUT2D eigenvalue weighted by atomic mass is 10.1. The first-order valence-electron chi connectivity index (χ1n) is 7.29. The highest BCUT2D eigenvalue weighted by atomic mass is 32.2. The fourth-order valence-electron chi connectivity index (χ4n) is 2.63. The van der Waals surface area contributed by atoms with Crippen LogP contribution in [-0.2, 0) is 23.1 Å². The molecule has 0 aliphatic carbocycles. The first-order chi connectivity index (χ1) is 10.8. The van der Waals surface area contributed by atoms with Gasteiger partial charge in [-0.15, -0.1) is 0 Å². The van der Waals surface area contributed by atoms with Crippen molar-refractivity contribution < 1.29 is 17.6 Å². The lowest BCUT2D eigenvalue weighted by Gasteiger charge is -2.17. The molecule has 2 rings (SSSR count). The number of carbonyl (C=O) groups excluding carboxylic acids is 1. The van der Waals surface area contributed by atoms with Crippen LogP contribution < -0.4 is 16.2 Å². The van der Waals surface area contributed by atoms with E-state index in [0.29, 0.717) is 30.6 Å². The third kappa shape index (κ3) is 5.15. The zero-order chi connectivity index (χ0) is 17.0. The molecule has 1 aliphatic heterocycles. The molecule has 1 fully saturated rings. The third-order valence-electron chi connectivity index (χ3n) is 3.82. The van der Waals surface area contributed by atoms with Crippen LogP contribution in [0.5, 0.6) is 0 Å². The van der Waals surface area contributed by atoms with E-state index in [-0.39, 0.29) is 30.8 Å². The molecule has 1 aromatic carbocycles. The quantitative estimate of drug-likeness (QED) is 0.702. The second kappa shape index (κ2) is 7.24. The summed E-state index contributed by atoms with van der Waals surface area (Å²) in [5.74, 6) is -0.704. The smallest absolute Gasteiger partial charge is 0.317 e. The van der Waals surface area contributed by atoms with E-state index >= 15 is 0 Å². The van der Waals surface area contributed by atoms with Gasteiger partial charge in [0.15, 0.2) is 0 Å². The van der Waals surface area contributed by atoms with Gasteiger partial charge in [0, 0.05) is 31.7 Å².